The van der Waals surface area contributed by atoms with Crippen molar-refractivity contribution < 1.29 is 5.11 Å². The van der Waals surface area contributed by atoms with Gasteiger partial charge in [0, 0.05) is 25.0 Å². The minimum Gasteiger partial charge on any atom is -0.392 e. The van der Waals surface area contributed by atoms with Crippen molar-refractivity contribution in [3.63, 3.8) is 0 Å². The van der Waals surface area contributed by atoms with E-state index < -0.39 is 0 Å². The lowest BCUT2D eigenvalue weighted by atomic mass is 10.1. The van der Waals surface area contributed by atoms with Crippen LogP contribution in [0, 0.1) is 5.92 Å². The summed E-state index contributed by atoms with van der Waals surface area (Å²) in [7, 11) is 0. The van der Waals surface area contributed by atoms with Crippen LogP contribution in [0.2, 0.25) is 0 Å². The van der Waals surface area contributed by atoms with E-state index in [1.54, 1.807) is 6.20 Å². The minimum absolute atomic E-state index is 0.275. The summed E-state index contributed by atoms with van der Waals surface area (Å²) < 4.78 is 0. The van der Waals surface area contributed by atoms with Crippen molar-refractivity contribution in [2.45, 2.75) is 26.5 Å². The summed E-state index contributed by atoms with van der Waals surface area (Å²) in [6.07, 6.45) is 1.44. The molecule has 74 valence electrons. The van der Waals surface area contributed by atoms with Crippen molar-refractivity contribution in [2.75, 3.05) is 6.54 Å². The molecule has 0 bridgehead atoms. The number of nitrogens with zero attached hydrogens (tertiary/aromatic N) is 1. The normalized spacial score (nSPS) is 13.5. The molecule has 0 fully saturated rings. The maximum atomic E-state index is 9.47. The standard InChI is InChI=1S/C9H17N3O/c1-7(2)9(13)6-10-5-8-3-4-11-12-8/h3-4,7,9-10,13H,5-6H2,1-2H3,(H,11,12). The summed E-state index contributed by atoms with van der Waals surface area (Å²) in [6, 6.07) is 1.91. The predicted octanol–water partition coefficient (Wildman–Crippen LogP) is 0.516. The third kappa shape index (κ3) is 3.57. The maximum Gasteiger partial charge on any atom is 0.0687 e. The lowest BCUT2D eigenvalue weighted by molar-refractivity contribution is 0.123. The zero-order chi connectivity index (χ0) is 9.68. The molecule has 1 aromatic rings. The molecule has 0 radical (unpaired) electrons. The van der Waals surface area contributed by atoms with E-state index in [0.29, 0.717) is 12.5 Å². The van der Waals surface area contributed by atoms with Gasteiger partial charge in [0.2, 0.25) is 0 Å². The molecular formula is C9H17N3O. The molecule has 1 atom stereocenters. The second-order valence-electron chi connectivity index (χ2n) is 3.52. The van der Waals surface area contributed by atoms with Crippen LogP contribution in [0.1, 0.15) is 19.5 Å². The smallest absolute Gasteiger partial charge is 0.0687 e. The summed E-state index contributed by atoms with van der Waals surface area (Å²) in [4.78, 5) is 0. The topological polar surface area (TPSA) is 60.9 Å². The molecule has 0 aliphatic rings. The molecule has 0 saturated carbocycles. The van der Waals surface area contributed by atoms with Crippen molar-refractivity contribution in [2.24, 2.45) is 5.92 Å². The van der Waals surface area contributed by atoms with Gasteiger partial charge in [-0.15, -0.1) is 0 Å². The number of hydrogen-bond donors (Lipinski definition) is 3. The van der Waals surface area contributed by atoms with E-state index in [9.17, 15) is 5.11 Å². The number of aliphatic hydroxyl groups excluding tert-OH is 1. The Balaban J connectivity index is 2.14. The Morgan fingerprint density at radius 3 is 2.92 bits per heavy atom. The van der Waals surface area contributed by atoms with Crippen molar-refractivity contribution in [3.8, 4) is 0 Å². The minimum atomic E-state index is -0.275. The highest BCUT2D eigenvalue weighted by atomic mass is 16.3. The first-order chi connectivity index (χ1) is 6.20. The maximum absolute atomic E-state index is 9.47. The van der Waals surface area contributed by atoms with Crippen molar-refractivity contribution in [3.05, 3.63) is 18.0 Å². The number of nitrogens with one attached hydrogen (secondary N) is 2. The molecule has 0 spiro atoms. The van der Waals surface area contributed by atoms with Gasteiger partial charge in [-0.25, -0.2) is 0 Å². The molecule has 1 unspecified atom stereocenters. The average molecular weight is 183 g/mol. The Bertz CT molecular complexity index is 221. The lowest BCUT2D eigenvalue weighted by Gasteiger charge is -2.14. The second kappa shape index (κ2) is 4.99. The largest absolute Gasteiger partial charge is 0.392 e. The van der Waals surface area contributed by atoms with Gasteiger partial charge in [-0.3, -0.25) is 5.10 Å². The molecule has 3 N–H and O–H groups in total. The number of aliphatic hydroxyl groups is 1. The van der Waals surface area contributed by atoms with Crippen molar-refractivity contribution in [1.29, 1.82) is 0 Å². The Hall–Kier alpha value is -0.870. The van der Waals surface area contributed by atoms with E-state index in [4.69, 9.17) is 0 Å². The second-order valence-corrected chi connectivity index (χ2v) is 3.52. The zero-order valence-corrected chi connectivity index (χ0v) is 8.12. The quantitative estimate of drug-likeness (QED) is 0.623. The zero-order valence-electron chi connectivity index (χ0n) is 8.12. The van der Waals surface area contributed by atoms with Gasteiger partial charge in [0.05, 0.1) is 6.10 Å². The summed E-state index contributed by atoms with van der Waals surface area (Å²) in [6.45, 7) is 5.35. The molecule has 0 saturated heterocycles. The van der Waals surface area contributed by atoms with Crippen molar-refractivity contribution in [1.82, 2.24) is 15.5 Å². The molecule has 0 aromatic carbocycles. The average Bonchev–Trinajstić information content (AvgIpc) is 2.56. The molecule has 1 rings (SSSR count). The number of H-pyrrole nitrogens is 1. The van der Waals surface area contributed by atoms with Crippen LogP contribution in [-0.2, 0) is 6.54 Å². The van der Waals surface area contributed by atoms with Crippen LogP contribution in [0.4, 0.5) is 0 Å². The fraction of sp³-hybridized carbons (Fsp3) is 0.667. The van der Waals surface area contributed by atoms with Gasteiger partial charge in [0.15, 0.2) is 0 Å². The van der Waals surface area contributed by atoms with E-state index in [1.807, 2.05) is 19.9 Å². The van der Waals surface area contributed by atoms with E-state index in [1.165, 1.54) is 0 Å². The highest BCUT2D eigenvalue weighted by Gasteiger charge is 2.07. The van der Waals surface area contributed by atoms with E-state index in [-0.39, 0.29) is 6.10 Å². The first-order valence-electron chi connectivity index (χ1n) is 4.57. The van der Waals surface area contributed by atoms with Gasteiger partial charge in [-0.05, 0) is 12.0 Å². The van der Waals surface area contributed by atoms with Crippen LogP contribution in [0.3, 0.4) is 0 Å². The third-order valence-corrected chi connectivity index (χ3v) is 2.00. The van der Waals surface area contributed by atoms with Gasteiger partial charge in [-0.1, -0.05) is 13.8 Å². The molecule has 13 heavy (non-hydrogen) atoms. The van der Waals surface area contributed by atoms with Crippen LogP contribution in [0.15, 0.2) is 12.3 Å². The first kappa shape index (κ1) is 10.2. The summed E-state index contributed by atoms with van der Waals surface area (Å²) >= 11 is 0. The van der Waals surface area contributed by atoms with Gasteiger partial charge in [-0.2, -0.15) is 5.10 Å². The Kier molecular flexibility index (Phi) is 3.92. The van der Waals surface area contributed by atoms with Gasteiger partial charge >= 0.3 is 0 Å². The molecular weight excluding hydrogens is 166 g/mol. The number of rotatable bonds is 5. The fourth-order valence-electron chi connectivity index (χ4n) is 0.974. The third-order valence-electron chi connectivity index (χ3n) is 2.00. The highest BCUT2D eigenvalue weighted by Crippen LogP contribution is 1.99. The molecule has 0 aliphatic heterocycles. The molecule has 1 heterocycles. The summed E-state index contributed by atoms with van der Waals surface area (Å²) in [5.41, 5.74) is 1.04. The van der Waals surface area contributed by atoms with Crippen molar-refractivity contribution >= 4 is 0 Å². The van der Waals surface area contributed by atoms with E-state index in [0.717, 1.165) is 12.2 Å². The van der Waals surface area contributed by atoms with E-state index >= 15 is 0 Å². The Morgan fingerprint density at radius 1 is 1.62 bits per heavy atom. The lowest BCUT2D eigenvalue weighted by Crippen LogP contribution is -2.30. The Labute approximate surface area is 78.4 Å². The molecule has 4 heteroatoms. The predicted molar refractivity (Wildman–Crippen MR) is 51.1 cm³/mol. The van der Waals surface area contributed by atoms with Gasteiger partial charge in [0.1, 0.15) is 0 Å². The van der Waals surface area contributed by atoms with Crippen LogP contribution in [0.5, 0.6) is 0 Å². The Morgan fingerprint density at radius 2 is 2.38 bits per heavy atom. The van der Waals surface area contributed by atoms with Crippen LogP contribution >= 0.6 is 0 Å². The summed E-state index contributed by atoms with van der Waals surface area (Å²) in [5.74, 6) is 0.300. The van der Waals surface area contributed by atoms with Gasteiger partial charge < -0.3 is 10.4 Å². The van der Waals surface area contributed by atoms with Crippen LogP contribution in [0.25, 0.3) is 0 Å². The van der Waals surface area contributed by atoms with Crippen LogP contribution < -0.4 is 5.32 Å². The first-order valence-corrected chi connectivity index (χ1v) is 4.57. The van der Waals surface area contributed by atoms with E-state index in [2.05, 4.69) is 15.5 Å². The molecule has 4 nitrogen and oxygen atoms in total. The van der Waals surface area contributed by atoms with Crippen LogP contribution in [-0.4, -0.2) is 28.0 Å². The molecule has 0 aliphatic carbocycles. The number of aromatic nitrogens is 2. The summed E-state index contributed by atoms with van der Waals surface area (Å²) in [5, 5.41) is 19.3. The monoisotopic (exact) mass is 183 g/mol. The molecule has 0 amide bonds. The van der Waals surface area contributed by atoms with Gasteiger partial charge in [0.25, 0.3) is 0 Å². The number of hydrogen-bond acceptors (Lipinski definition) is 3. The number of aromatic amines is 1. The molecule has 1 aromatic heterocycles. The fourth-order valence-corrected chi connectivity index (χ4v) is 0.974. The highest BCUT2D eigenvalue weighted by molar-refractivity contribution is 4.96. The SMILES string of the molecule is CC(C)C(O)CNCc1ccn[nH]1.